The molecule has 2 fully saturated rings. The van der Waals surface area contributed by atoms with Crippen LogP contribution in [0.4, 0.5) is 0 Å². The van der Waals surface area contributed by atoms with Crippen LogP contribution in [0, 0.1) is 0 Å². The van der Waals surface area contributed by atoms with E-state index in [1.165, 1.54) is 11.3 Å². The smallest absolute Gasteiger partial charge is 0.252 e. The van der Waals surface area contributed by atoms with E-state index >= 15 is 0 Å². The van der Waals surface area contributed by atoms with E-state index in [1.54, 1.807) is 6.07 Å². The predicted octanol–water partition coefficient (Wildman–Crippen LogP) is 1.64. The molecule has 2 amide bonds. The molecule has 0 spiro atoms. The summed E-state index contributed by atoms with van der Waals surface area (Å²) in [5.41, 5.74) is 0.673. The van der Waals surface area contributed by atoms with Crippen molar-refractivity contribution in [3.8, 4) is 0 Å². The normalized spacial score (nSPS) is 23.5. The van der Waals surface area contributed by atoms with Gasteiger partial charge >= 0.3 is 0 Å². The van der Waals surface area contributed by atoms with Gasteiger partial charge < -0.3 is 15.5 Å². The van der Waals surface area contributed by atoms with Crippen LogP contribution in [0.1, 0.15) is 36.0 Å². The molecule has 122 valence electrons. The van der Waals surface area contributed by atoms with Crippen LogP contribution in [0.15, 0.2) is 16.8 Å². The van der Waals surface area contributed by atoms with Gasteiger partial charge in [0.25, 0.3) is 5.91 Å². The number of carbonyl (C=O) groups is 2. The van der Waals surface area contributed by atoms with Crippen molar-refractivity contribution in [1.29, 1.82) is 0 Å². The first-order chi connectivity index (χ1) is 10.3. The highest BCUT2D eigenvalue weighted by Gasteiger charge is 2.37. The van der Waals surface area contributed by atoms with Crippen molar-refractivity contribution in [2.45, 2.75) is 37.8 Å². The Morgan fingerprint density at radius 3 is 2.91 bits per heavy atom. The number of halogens is 1. The van der Waals surface area contributed by atoms with Crippen LogP contribution in [0.3, 0.4) is 0 Å². The Morgan fingerprint density at radius 2 is 2.14 bits per heavy atom. The molecule has 2 N–H and O–H groups in total. The number of nitrogens with zero attached hydrogens (tertiary/aromatic N) is 1. The molecule has 1 aromatic rings. The minimum Gasteiger partial charge on any atom is -0.351 e. The largest absolute Gasteiger partial charge is 0.351 e. The van der Waals surface area contributed by atoms with Crippen LogP contribution >= 0.6 is 23.7 Å². The molecule has 0 radical (unpaired) electrons. The molecule has 3 heterocycles. The first kappa shape index (κ1) is 17.2. The summed E-state index contributed by atoms with van der Waals surface area (Å²) in [7, 11) is 0. The first-order valence-electron chi connectivity index (χ1n) is 7.58. The van der Waals surface area contributed by atoms with Crippen molar-refractivity contribution in [1.82, 2.24) is 15.5 Å². The second kappa shape index (κ2) is 7.94. The molecule has 22 heavy (non-hydrogen) atoms. The summed E-state index contributed by atoms with van der Waals surface area (Å²) in [5, 5.41) is 9.91. The van der Waals surface area contributed by atoms with E-state index in [0.29, 0.717) is 30.6 Å². The third-order valence-corrected chi connectivity index (χ3v) is 5.03. The summed E-state index contributed by atoms with van der Waals surface area (Å²) < 4.78 is 0. The van der Waals surface area contributed by atoms with Crippen molar-refractivity contribution < 1.29 is 9.59 Å². The molecule has 5 nitrogen and oxygen atoms in total. The molecule has 1 aromatic heterocycles. The monoisotopic (exact) mass is 343 g/mol. The van der Waals surface area contributed by atoms with Crippen LogP contribution < -0.4 is 10.6 Å². The van der Waals surface area contributed by atoms with Gasteiger partial charge in [-0.1, -0.05) is 0 Å². The molecule has 0 aromatic carbocycles. The molecule has 0 aliphatic carbocycles. The van der Waals surface area contributed by atoms with E-state index in [1.807, 2.05) is 10.8 Å². The molecule has 2 bridgehead atoms. The Morgan fingerprint density at radius 1 is 1.32 bits per heavy atom. The zero-order chi connectivity index (χ0) is 14.7. The maximum absolute atomic E-state index is 12.4. The second-order valence-corrected chi connectivity index (χ2v) is 6.48. The zero-order valence-corrected chi connectivity index (χ0v) is 14.0. The fourth-order valence-corrected chi connectivity index (χ4v) is 3.93. The standard InChI is InChI=1S/C15H21N3O2S.ClH/c19-14(4-7-17-15(20)11-5-8-21-10-11)18-12-1-2-13(18)9-16-6-3-12;/h5,8,10,12-13,16H,1-4,6-7,9H2,(H,17,20);1H. The summed E-state index contributed by atoms with van der Waals surface area (Å²) in [4.78, 5) is 26.3. The van der Waals surface area contributed by atoms with E-state index in [0.717, 1.165) is 32.4 Å². The van der Waals surface area contributed by atoms with Gasteiger partial charge in [-0.25, -0.2) is 0 Å². The Hall–Kier alpha value is -1.11. The van der Waals surface area contributed by atoms with Crippen molar-refractivity contribution in [3.63, 3.8) is 0 Å². The summed E-state index contributed by atoms with van der Waals surface area (Å²) >= 11 is 1.50. The summed E-state index contributed by atoms with van der Waals surface area (Å²) in [6.07, 6.45) is 3.66. The third kappa shape index (κ3) is 3.80. The van der Waals surface area contributed by atoms with Gasteiger partial charge in [0.05, 0.1) is 0 Å². The van der Waals surface area contributed by atoms with Crippen LogP contribution in [0.2, 0.25) is 0 Å². The summed E-state index contributed by atoms with van der Waals surface area (Å²) in [5.74, 6) is 0.0846. The number of fused-ring (bicyclic) bond motifs is 2. The lowest BCUT2D eigenvalue weighted by molar-refractivity contribution is -0.133. The highest BCUT2D eigenvalue weighted by atomic mass is 35.5. The van der Waals surface area contributed by atoms with E-state index in [2.05, 4.69) is 15.5 Å². The minimum absolute atomic E-state index is 0. The van der Waals surface area contributed by atoms with Crippen LogP contribution in [-0.4, -0.2) is 48.4 Å². The third-order valence-electron chi connectivity index (χ3n) is 4.35. The molecular weight excluding hydrogens is 322 g/mol. The first-order valence-corrected chi connectivity index (χ1v) is 8.52. The number of amides is 2. The van der Waals surface area contributed by atoms with Crippen molar-refractivity contribution >= 4 is 35.6 Å². The van der Waals surface area contributed by atoms with E-state index in [4.69, 9.17) is 0 Å². The number of rotatable bonds is 4. The van der Waals surface area contributed by atoms with E-state index in [-0.39, 0.29) is 24.2 Å². The number of hydrogen-bond acceptors (Lipinski definition) is 4. The average Bonchev–Trinajstić information content (AvgIpc) is 3.05. The van der Waals surface area contributed by atoms with E-state index < -0.39 is 0 Å². The quantitative estimate of drug-likeness (QED) is 0.873. The Labute approximate surface area is 140 Å². The van der Waals surface area contributed by atoms with Crippen LogP contribution in [0.5, 0.6) is 0 Å². The van der Waals surface area contributed by atoms with Crippen LogP contribution in [0.25, 0.3) is 0 Å². The molecule has 2 aliphatic rings. The molecular formula is C15H22ClN3O2S. The molecule has 7 heteroatoms. The maximum Gasteiger partial charge on any atom is 0.252 e. The van der Waals surface area contributed by atoms with Gasteiger partial charge in [-0.15, -0.1) is 12.4 Å². The summed E-state index contributed by atoms with van der Waals surface area (Å²) in [6, 6.07) is 2.53. The SMILES string of the molecule is Cl.O=C(NCCC(=O)N1C2CCNCC1CC2)c1ccsc1. The van der Waals surface area contributed by atoms with Gasteiger partial charge in [0.2, 0.25) is 5.91 Å². The van der Waals surface area contributed by atoms with Gasteiger partial charge in [0.15, 0.2) is 0 Å². The lowest BCUT2D eigenvalue weighted by atomic mass is 10.1. The maximum atomic E-state index is 12.4. The number of carbonyl (C=O) groups excluding carboxylic acids is 2. The Kier molecular flexibility index (Phi) is 6.23. The lowest BCUT2D eigenvalue weighted by Crippen LogP contribution is -2.43. The molecule has 2 aliphatic heterocycles. The van der Waals surface area contributed by atoms with Gasteiger partial charge in [-0.3, -0.25) is 9.59 Å². The van der Waals surface area contributed by atoms with Gasteiger partial charge in [0.1, 0.15) is 0 Å². The topological polar surface area (TPSA) is 61.4 Å². The van der Waals surface area contributed by atoms with Crippen LogP contribution in [-0.2, 0) is 4.79 Å². The molecule has 0 saturated carbocycles. The minimum atomic E-state index is -0.0930. The Bertz CT molecular complexity index is 495. The molecule has 3 rings (SSSR count). The highest BCUT2D eigenvalue weighted by molar-refractivity contribution is 7.08. The molecule has 2 unspecified atom stereocenters. The van der Waals surface area contributed by atoms with Gasteiger partial charge in [-0.2, -0.15) is 11.3 Å². The van der Waals surface area contributed by atoms with E-state index in [9.17, 15) is 9.59 Å². The van der Waals surface area contributed by atoms with Crippen molar-refractivity contribution in [2.75, 3.05) is 19.6 Å². The van der Waals surface area contributed by atoms with Crippen molar-refractivity contribution in [2.24, 2.45) is 0 Å². The number of hydrogen-bond donors (Lipinski definition) is 2. The fraction of sp³-hybridized carbons (Fsp3) is 0.600. The van der Waals surface area contributed by atoms with Gasteiger partial charge in [0, 0.05) is 42.5 Å². The average molecular weight is 344 g/mol. The highest BCUT2D eigenvalue weighted by Crippen LogP contribution is 2.28. The lowest BCUT2D eigenvalue weighted by Gasteiger charge is -2.28. The number of nitrogens with one attached hydrogen (secondary N) is 2. The van der Waals surface area contributed by atoms with Gasteiger partial charge in [-0.05, 0) is 37.3 Å². The number of thiophene rings is 1. The second-order valence-electron chi connectivity index (χ2n) is 5.70. The summed E-state index contributed by atoms with van der Waals surface area (Å²) in [6.45, 7) is 2.32. The predicted molar refractivity (Wildman–Crippen MR) is 89.7 cm³/mol. The molecule has 2 atom stereocenters. The zero-order valence-electron chi connectivity index (χ0n) is 12.4. The Balaban J connectivity index is 0.00000176. The molecule has 2 saturated heterocycles. The van der Waals surface area contributed by atoms with Crippen molar-refractivity contribution in [3.05, 3.63) is 22.4 Å². The fourth-order valence-electron chi connectivity index (χ4n) is 3.30.